The van der Waals surface area contributed by atoms with Crippen molar-refractivity contribution in [1.82, 2.24) is 0 Å². The van der Waals surface area contributed by atoms with Gasteiger partial charge < -0.3 is 9.84 Å². The van der Waals surface area contributed by atoms with E-state index >= 15 is 0 Å². The Morgan fingerprint density at radius 1 is 1.53 bits per heavy atom. The average molecular weight is 273 g/mol. The maximum Gasteiger partial charge on any atom is 0.420 e. The Morgan fingerprint density at radius 3 is 2.63 bits per heavy atom. The van der Waals surface area contributed by atoms with Crippen molar-refractivity contribution in [2.75, 3.05) is 0 Å². The molecule has 0 saturated carbocycles. The van der Waals surface area contributed by atoms with E-state index in [1.54, 1.807) is 6.07 Å². The van der Waals surface area contributed by atoms with Gasteiger partial charge in [0.2, 0.25) is 0 Å². The number of ether oxygens (including phenoxy) is 1. The molecule has 0 fully saturated rings. The van der Waals surface area contributed by atoms with E-state index in [2.05, 4.69) is 0 Å². The molecule has 0 aliphatic heterocycles. The molecule has 4 nitrogen and oxygen atoms in total. The summed E-state index contributed by atoms with van der Waals surface area (Å²) < 4.78 is 43.3. The molecule has 1 N–H and O–H groups in total. The molecule has 0 unspecified atom stereocenters. The van der Waals surface area contributed by atoms with Gasteiger partial charge >= 0.3 is 12.1 Å². The van der Waals surface area contributed by atoms with Crippen LogP contribution in [0, 0.1) is 11.3 Å². The van der Waals surface area contributed by atoms with Crippen molar-refractivity contribution < 1.29 is 27.8 Å². The van der Waals surface area contributed by atoms with Crippen LogP contribution < -0.4 is 4.74 Å². The molecule has 0 spiro atoms. The summed E-state index contributed by atoms with van der Waals surface area (Å²) in [6, 6.07) is 4.46. The lowest BCUT2D eigenvalue weighted by atomic mass is 10.1. The third kappa shape index (κ3) is 4.17. The topological polar surface area (TPSA) is 70.3 Å². The zero-order valence-electron chi connectivity index (χ0n) is 9.86. The molecule has 7 heteroatoms. The summed E-state index contributed by atoms with van der Waals surface area (Å²) in [6.45, 7) is 1.35. The summed E-state index contributed by atoms with van der Waals surface area (Å²) in [6.07, 6.45) is -6.01. The molecule has 0 heterocycles. The molecule has 0 saturated heterocycles. The van der Waals surface area contributed by atoms with Crippen LogP contribution in [0.1, 0.15) is 24.5 Å². The minimum absolute atomic E-state index is 0.148. The van der Waals surface area contributed by atoms with E-state index in [0.717, 1.165) is 6.07 Å². The second kappa shape index (κ2) is 5.61. The van der Waals surface area contributed by atoms with E-state index < -0.39 is 36.0 Å². The fraction of sp³-hybridized carbons (Fsp3) is 0.333. The van der Waals surface area contributed by atoms with Crippen molar-refractivity contribution in [2.24, 2.45) is 0 Å². The highest BCUT2D eigenvalue weighted by atomic mass is 19.4. The summed E-state index contributed by atoms with van der Waals surface area (Å²) in [5.41, 5.74) is -1.24. The minimum atomic E-state index is -4.68. The van der Waals surface area contributed by atoms with Crippen molar-refractivity contribution >= 4 is 5.97 Å². The first-order valence-electron chi connectivity index (χ1n) is 5.24. The van der Waals surface area contributed by atoms with Gasteiger partial charge in [-0.3, -0.25) is 4.79 Å². The highest BCUT2D eigenvalue weighted by molar-refractivity contribution is 5.67. The van der Waals surface area contributed by atoms with Crippen molar-refractivity contribution in [3.8, 4) is 11.8 Å². The van der Waals surface area contributed by atoms with Gasteiger partial charge in [-0.05, 0) is 25.1 Å². The molecular weight excluding hydrogens is 263 g/mol. The molecular formula is C12H10F3NO3. The first-order valence-corrected chi connectivity index (χ1v) is 5.24. The summed E-state index contributed by atoms with van der Waals surface area (Å²) in [5.74, 6) is -1.66. The first kappa shape index (κ1) is 14.8. The molecule has 0 aliphatic carbocycles. The highest BCUT2D eigenvalue weighted by Gasteiger charge is 2.35. The number of carbonyl (C=O) groups is 1. The number of halogens is 3. The smallest absolute Gasteiger partial charge is 0.420 e. The molecule has 0 amide bonds. The van der Waals surface area contributed by atoms with Gasteiger partial charge in [0.05, 0.1) is 23.6 Å². The second-order valence-corrected chi connectivity index (χ2v) is 3.85. The number of aliphatic carboxylic acids is 1. The molecule has 0 aliphatic rings. The monoisotopic (exact) mass is 273 g/mol. The minimum Gasteiger partial charge on any atom is -0.489 e. The van der Waals surface area contributed by atoms with Crippen LogP contribution in [0.3, 0.4) is 0 Å². The average Bonchev–Trinajstić information content (AvgIpc) is 2.26. The lowest BCUT2D eigenvalue weighted by molar-refractivity contribution is -0.140. The van der Waals surface area contributed by atoms with E-state index in [0.29, 0.717) is 6.07 Å². The molecule has 19 heavy (non-hydrogen) atoms. The van der Waals surface area contributed by atoms with Crippen LogP contribution in [0.5, 0.6) is 5.75 Å². The summed E-state index contributed by atoms with van der Waals surface area (Å²) in [5, 5.41) is 17.1. The van der Waals surface area contributed by atoms with Crippen molar-refractivity contribution in [3.05, 3.63) is 29.3 Å². The number of hydrogen-bond donors (Lipinski definition) is 1. The van der Waals surface area contributed by atoms with Crippen LogP contribution >= 0.6 is 0 Å². The van der Waals surface area contributed by atoms with Crippen molar-refractivity contribution in [3.63, 3.8) is 0 Å². The van der Waals surface area contributed by atoms with Gasteiger partial charge in [-0.25, -0.2) is 0 Å². The van der Waals surface area contributed by atoms with E-state index in [1.165, 1.54) is 13.0 Å². The largest absolute Gasteiger partial charge is 0.489 e. The normalized spacial score (nSPS) is 12.6. The Bertz CT molecular complexity index is 520. The number of rotatable bonds is 4. The summed E-state index contributed by atoms with van der Waals surface area (Å²) >= 11 is 0. The molecule has 0 aromatic heterocycles. The van der Waals surface area contributed by atoms with E-state index in [-0.39, 0.29) is 5.56 Å². The number of nitrogens with zero attached hydrogens (tertiary/aromatic N) is 1. The molecule has 0 radical (unpaired) electrons. The molecule has 1 aromatic carbocycles. The van der Waals surface area contributed by atoms with Crippen LogP contribution in [0.2, 0.25) is 0 Å². The maximum absolute atomic E-state index is 12.8. The van der Waals surface area contributed by atoms with Crippen molar-refractivity contribution in [2.45, 2.75) is 25.6 Å². The van der Waals surface area contributed by atoms with Crippen LogP contribution in [0.4, 0.5) is 13.2 Å². The Morgan fingerprint density at radius 2 is 2.16 bits per heavy atom. The number of carboxylic acid groups (broad SMARTS) is 1. The first-order chi connectivity index (χ1) is 8.74. The third-order valence-electron chi connectivity index (χ3n) is 2.20. The molecule has 0 bridgehead atoms. The molecule has 102 valence electrons. The van der Waals surface area contributed by atoms with Crippen LogP contribution in [0.15, 0.2) is 18.2 Å². The van der Waals surface area contributed by atoms with E-state index in [4.69, 9.17) is 15.1 Å². The highest BCUT2D eigenvalue weighted by Crippen LogP contribution is 2.37. The van der Waals surface area contributed by atoms with Gasteiger partial charge in [0, 0.05) is 0 Å². The van der Waals surface area contributed by atoms with Crippen molar-refractivity contribution in [1.29, 1.82) is 5.26 Å². The zero-order chi connectivity index (χ0) is 14.6. The van der Waals surface area contributed by atoms with Crippen LogP contribution in [-0.2, 0) is 11.0 Å². The number of nitriles is 1. The lowest BCUT2D eigenvalue weighted by Gasteiger charge is -2.17. The Balaban J connectivity index is 3.07. The lowest BCUT2D eigenvalue weighted by Crippen LogP contribution is -2.19. The van der Waals surface area contributed by atoms with E-state index in [9.17, 15) is 18.0 Å². The predicted molar refractivity (Wildman–Crippen MR) is 58.5 cm³/mol. The van der Waals surface area contributed by atoms with Gasteiger partial charge in [-0.15, -0.1) is 0 Å². The number of hydrogen-bond acceptors (Lipinski definition) is 3. The third-order valence-corrected chi connectivity index (χ3v) is 2.20. The zero-order valence-corrected chi connectivity index (χ0v) is 9.86. The SMILES string of the molecule is C[C@H](CC(=O)O)Oc1ccc(C#N)cc1C(F)(F)F. The van der Waals surface area contributed by atoms with E-state index in [1.807, 2.05) is 0 Å². The van der Waals surface area contributed by atoms with Crippen LogP contribution in [0.25, 0.3) is 0 Å². The van der Waals surface area contributed by atoms with Crippen LogP contribution in [-0.4, -0.2) is 17.2 Å². The second-order valence-electron chi connectivity index (χ2n) is 3.85. The quantitative estimate of drug-likeness (QED) is 0.915. The molecule has 1 aromatic rings. The van der Waals surface area contributed by atoms with Gasteiger partial charge in [-0.2, -0.15) is 18.4 Å². The molecule has 1 rings (SSSR count). The van der Waals surface area contributed by atoms with Gasteiger partial charge in [0.1, 0.15) is 11.9 Å². The molecule has 1 atom stereocenters. The predicted octanol–water partition coefficient (Wildman–Crippen LogP) is 2.82. The summed E-state index contributed by atoms with van der Waals surface area (Å²) in [4.78, 5) is 10.4. The Hall–Kier alpha value is -2.23. The number of benzene rings is 1. The maximum atomic E-state index is 12.8. The van der Waals surface area contributed by atoms with Gasteiger partial charge in [0.25, 0.3) is 0 Å². The Labute approximate surface area is 107 Å². The summed E-state index contributed by atoms with van der Waals surface area (Å²) in [7, 11) is 0. The number of carboxylic acids is 1. The van der Waals surface area contributed by atoms with Gasteiger partial charge in [-0.1, -0.05) is 0 Å². The number of alkyl halides is 3. The fourth-order valence-corrected chi connectivity index (χ4v) is 1.43. The standard InChI is InChI=1S/C12H10F3NO3/c1-7(4-11(17)18)19-10-3-2-8(6-16)5-9(10)12(13,14)15/h2-3,5,7H,4H2,1H3,(H,17,18)/t7-/m1/s1. The fourth-order valence-electron chi connectivity index (χ4n) is 1.43. The van der Waals surface area contributed by atoms with Gasteiger partial charge in [0.15, 0.2) is 0 Å². The Kier molecular flexibility index (Phi) is 4.38.